The molecule has 4 rings (SSSR count). The molecule has 1 amide bonds. The number of nitrogens with zero attached hydrogens (tertiary/aromatic N) is 1. The maximum Gasteiger partial charge on any atom is 0.416 e. The molecule has 7 heteroatoms. The molecule has 2 saturated heterocycles. The molecule has 138 valence electrons. The number of fused-ring (bicyclic) bond motifs is 2. The highest BCUT2D eigenvalue weighted by atomic mass is 35.5. The Labute approximate surface area is 151 Å². The number of likely N-dealkylation sites (tertiary alicyclic amines) is 1. The van der Waals surface area contributed by atoms with E-state index in [1.807, 2.05) is 4.90 Å². The van der Waals surface area contributed by atoms with Crippen molar-refractivity contribution in [1.29, 1.82) is 0 Å². The number of halogens is 4. The van der Waals surface area contributed by atoms with E-state index < -0.39 is 11.7 Å². The molecular formula is C18H22ClF3N2O. The van der Waals surface area contributed by atoms with Crippen LogP contribution < -0.4 is 5.32 Å². The minimum atomic E-state index is -4.33. The summed E-state index contributed by atoms with van der Waals surface area (Å²) >= 11 is 0. The van der Waals surface area contributed by atoms with Gasteiger partial charge in [-0.05, 0) is 43.2 Å². The average molecular weight is 375 g/mol. The van der Waals surface area contributed by atoms with Gasteiger partial charge in [0.15, 0.2) is 0 Å². The zero-order chi connectivity index (χ0) is 16.9. The van der Waals surface area contributed by atoms with Gasteiger partial charge < -0.3 is 10.2 Å². The fourth-order valence-corrected chi connectivity index (χ4v) is 4.16. The minimum Gasteiger partial charge on any atom is -0.341 e. The topological polar surface area (TPSA) is 32.3 Å². The molecule has 0 aromatic heterocycles. The van der Waals surface area contributed by atoms with E-state index >= 15 is 0 Å². The van der Waals surface area contributed by atoms with Gasteiger partial charge in [0.05, 0.1) is 5.56 Å². The van der Waals surface area contributed by atoms with Gasteiger partial charge in [-0.25, -0.2) is 0 Å². The largest absolute Gasteiger partial charge is 0.416 e. The third kappa shape index (κ3) is 3.80. The number of rotatable bonds is 2. The van der Waals surface area contributed by atoms with Crippen molar-refractivity contribution in [2.45, 2.75) is 49.9 Å². The summed E-state index contributed by atoms with van der Waals surface area (Å²) in [4.78, 5) is 14.7. The van der Waals surface area contributed by atoms with Crippen LogP contribution in [0.5, 0.6) is 0 Å². The Bertz CT molecular complexity index is 651. The fraction of sp³-hybridized carbons (Fsp3) is 0.611. The Balaban J connectivity index is 0.00000182. The van der Waals surface area contributed by atoms with Gasteiger partial charge in [0.1, 0.15) is 0 Å². The number of carbonyl (C=O) groups excluding carboxylic acids is 1. The van der Waals surface area contributed by atoms with Gasteiger partial charge in [0, 0.05) is 31.1 Å². The summed E-state index contributed by atoms with van der Waals surface area (Å²) < 4.78 is 38.5. The summed E-state index contributed by atoms with van der Waals surface area (Å²) in [6.45, 7) is 1.50. The van der Waals surface area contributed by atoms with E-state index in [1.54, 1.807) is 6.07 Å². The Morgan fingerprint density at radius 2 is 1.92 bits per heavy atom. The molecule has 2 bridgehead atoms. The van der Waals surface area contributed by atoms with Crippen LogP contribution >= 0.6 is 12.4 Å². The van der Waals surface area contributed by atoms with Crippen molar-refractivity contribution in [2.24, 2.45) is 5.92 Å². The minimum absolute atomic E-state index is 0. The van der Waals surface area contributed by atoms with Crippen molar-refractivity contribution in [3.8, 4) is 0 Å². The molecule has 1 aromatic carbocycles. The third-order valence-electron chi connectivity index (χ3n) is 5.58. The van der Waals surface area contributed by atoms with E-state index in [-0.39, 0.29) is 30.2 Å². The monoisotopic (exact) mass is 374 g/mol. The second-order valence-corrected chi connectivity index (χ2v) is 7.28. The van der Waals surface area contributed by atoms with Gasteiger partial charge >= 0.3 is 6.18 Å². The lowest BCUT2D eigenvalue weighted by Gasteiger charge is -2.24. The highest BCUT2D eigenvalue weighted by molar-refractivity contribution is 5.85. The van der Waals surface area contributed by atoms with Crippen LogP contribution in [0.25, 0.3) is 0 Å². The molecule has 3 aliphatic rings. The van der Waals surface area contributed by atoms with E-state index in [0.717, 1.165) is 32.0 Å². The van der Waals surface area contributed by atoms with Crippen LogP contribution in [0.3, 0.4) is 0 Å². The van der Waals surface area contributed by atoms with E-state index in [2.05, 4.69) is 5.32 Å². The van der Waals surface area contributed by atoms with Crippen LogP contribution in [0.4, 0.5) is 13.2 Å². The average Bonchev–Trinajstić information content (AvgIpc) is 3.25. The molecule has 0 radical (unpaired) electrons. The number of carbonyl (C=O) groups is 1. The smallest absolute Gasteiger partial charge is 0.341 e. The second-order valence-electron chi connectivity index (χ2n) is 7.28. The van der Waals surface area contributed by atoms with Gasteiger partial charge in [-0.3, -0.25) is 4.79 Å². The number of nitrogens with one attached hydrogen (secondary N) is 1. The predicted octanol–water partition coefficient (Wildman–Crippen LogP) is 3.58. The van der Waals surface area contributed by atoms with Crippen molar-refractivity contribution >= 4 is 18.3 Å². The molecule has 4 unspecified atom stereocenters. The molecule has 3 nitrogen and oxygen atoms in total. The van der Waals surface area contributed by atoms with Crippen molar-refractivity contribution in [2.75, 3.05) is 13.1 Å². The first-order chi connectivity index (χ1) is 11.4. The van der Waals surface area contributed by atoms with Gasteiger partial charge in [0.2, 0.25) is 5.91 Å². The molecule has 4 atom stereocenters. The fourth-order valence-electron chi connectivity index (χ4n) is 4.16. The van der Waals surface area contributed by atoms with Gasteiger partial charge in [0.25, 0.3) is 0 Å². The summed E-state index contributed by atoms with van der Waals surface area (Å²) in [6, 6.07) is 6.33. The molecule has 1 aromatic rings. The molecular weight excluding hydrogens is 353 g/mol. The molecule has 25 heavy (non-hydrogen) atoms. The lowest BCUT2D eigenvalue weighted by atomic mass is 10.0. The van der Waals surface area contributed by atoms with Gasteiger partial charge in [-0.1, -0.05) is 18.2 Å². The molecule has 1 saturated carbocycles. The van der Waals surface area contributed by atoms with Crippen LogP contribution in [0.1, 0.15) is 42.7 Å². The molecule has 1 aliphatic carbocycles. The first kappa shape index (κ1) is 18.5. The maximum atomic E-state index is 12.8. The number of hydrogen-bond acceptors (Lipinski definition) is 2. The lowest BCUT2D eigenvalue weighted by molar-refractivity contribution is -0.137. The molecule has 2 aliphatic heterocycles. The third-order valence-corrected chi connectivity index (χ3v) is 5.58. The van der Waals surface area contributed by atoms with E-state index in [0.29, 0.717) is 24.1 Å². The lowest BCUT2D eigenvalue weighted by Crippen LogP contribution is -2.40. The van der Waals surface area contributed by atoms with Gasteiger partial charge in [-0.2, -0.15) is 13.2 Å². The summed E-state index contributed by atoms with van der Waals surface area (Å²) in [6.07, 6.45) is -0.402. The van der Waals surface area contributed by atoms with E-state index in [9.17, 15) is 18.0 Å². The first-order valence-corrected chi connectivity index (χ1v) is 8.64. The Hall–Kier alpha value is -1.27. The van der Waals surface area contributed by atoms with Crippen LogP contribution in [0.2, 0.25) is 0 Å². The van der Waals surface area contributed by atoms with Crippen molar-refractivity contribution in [1.82, 2.24) is 10.2 Å². The van der Waals surface area contributed by atoms with Crippen LogP contribution in [-0.4, -0.2) is 36.0 Å². The summed E-state index contributed by atoms with van der Waals surface area (Å²) in [7, 11) is 0. The van der Waals surface area contributed by atoms with Gasteiger partial charge in [-0.15, -0.1) is 12.4 Å². The van der Waals surface area contributed by atoms with Crippen molar-refractivity contribution in [3.63, 3.8) is 0 Å². The SMILES string of the molecule is Cl.O=C(C1CC1c1cccc(C(F)(F)F)c1)N1CCC2CCC(C1)N2. The van der Waals surface area contributed by atoms with Crippen LogP contribution in [-0.2, 0) is 11.0 Å². The zero-order valence-electron chi connectivity index (χ0n) is 13.8. The molecule has 1 N–H and O–H groups in total. The number of hydrogen-bond donors (Lipinski definition) is 1. The first-order valence-electron chi connectivity index (χ1n) is 8.64. The molecule has 3 fully saturated rings. The van der Waals surface area contributed by atoms with E-state index in [1.165, 1.54) is 18.6 Å². The normalized spacial score (nSPS) is 31.2. The van der Waals surface area contributed by atoms with Crippen molar-refractivity contribution < 1.29 is 18.0 Å². The number of alkyl halides is 3. The quantitative estimate of drug-likeness (QED) is 0.858. The summed E-state index contributed by atoms with van der Waals surface area (Å²) in [5, 5.41) is 3.55. The summed E-state index contributed by atoms with van der Waals surface area (Å²) in [5.74, 6) is -0.0925. The number of benzene rings is 1. The molecule has 2 heterocycles. The Morgan fingerprint density at radius 1 is 1.16 bits per heavy atom. The zero-order valence-corrected chi connectivity index (χ0v) is 14.6. The maximum absolute atomic E-state index is 12.8. The van der Waals surface area contributed by atoms with Crippen LogP contribution in [0.15, 0.2) is 24.3 Å². The summed E-state index contributed by atoms with van der Waals surface area (Å²) in [5.41, 5.74) is 0.00650. The standard InChI is InChI=1S/C18H21F3N2O.ClH/c19-18(20,21)12-3-1-2-11(8-12)15-9-16(15)17(24)23-7-6-13-4-5-14(10-23)22-13;/h1-3,8,13-16,22H,4-7,9-10H2;1H. The predicted molar refractivity (Wildman–Crippen MR) is 90.7 cm³/mol. The highest BCUT2D eigenvalue weighted by Gasteiger charge is 2.47. The number of amides is 1. The van der Waals surface area contributed by atoms with Crippen molar-refractivity contribution in [3.05, 3.63) is 35.4 Å². The Morgan fingerprint density at radius 3 is 2.68 bits per heavy atom. The molecule has 0 spiro atoms. The Kier molecular flexibility index (Phi) is 5.04. The highest BCUT2D eigenvalue weighted by Crippen LogP contribution is 2.49. The van der Waals surface area contributed by atoms with E-state index in [4.69, 9.17) is 0 Å². The van der Waals surface area contributed by atoms with Crippen LogP contribution in [0, 0.1) is 5.92 Å². The second kappa shape index (κ2) is 6.80.